The molecule has 1 atom stereocenters. The Morgan fingerprint density at radius 1 is 1.22 bits per heavy atom. The third kappa shape index (κ3) is 4.14. The molecule has 3 rings (SSSR count). The van der Waals surface area contributed by atoms with E-state index in [0.717, 1.165) is 11.6 Å². The zero-order valence-corrected chi connectivity index (χ0v) is 14.3. The maximum Gasteiger partial charge on any atom is 0.346 e. The van der Waals surface area contributed by atoms with E-state index >= 15 is 0 Å². The van der Waals surface area contributed by atoms with Crippen LogP contribution in [-0.2, 0) is 16.1 Å². The van der Waals surface area contributed by atoms with Gasteiger partial charge in [-0.2, -0.15) is 0 Å². The van der Waals surface area contributed by atoms with Crippen LogP contribution in [0.1, 0.15) is 22.8 Å². The summed E-state index contributed by atoms with van der Waals surface area (Å²) in [5.41, 5.74) is 0.0869. The molecule has 1 unspecified atom stereocenters. The molecule has 1 heterocycles. The van der Waals surface area contributed by atoms with Crippen molar-refractivity contribution >= 4 is 17.6 Å². The fraction of sp³-hybridized carbons (Fsp3) is 0.222. The summed E-state index contributed by atoms with van der Waals surface area (Å²) < 4.78 is 15.3. The predicted octanol–water partition coefficient (Wildman–Crippen LogP) is 2.19. The number of carbonyl (C=O) groups excluding carboxylic acids is 2. The van der Waals surface area contributed by atoms with Crippen molar-refractivity contribution in [2.24, 2.45) is 0 Å². The molecule has 1 aliphatic rings. The highest BCUT2D eigenvalue weighted by atomic mass is 16.7. The van der Waals surface area contributed by atoms with Crippen LogP contribution in [-0.4, -0.2) is 29.7 Å². The number of hydrogen-bond donors (Lipinski definition) is 1. The molecular formula is C18H16N2O7. The van der Waals surface area contributed by atoms with Crippen LogP contribution in [0, 0.1) is 10.1 Å². The molecule has 0 radical (unpaired) electrons. The molecule has 0 saturated carbocycles. The first-order valence-corrected chi connectivity index (χ1v) is 8.06. The van der Waals surface area contributed by atoms with E-state index in [1.54, 1.807) is 0 Å². The minimum Gasteiger partial charge on any atom is -0.454 e. The number of rotatable bonds is 6. The number of esters is 1. The Morgan fingerprint density at radius 2 is 1.89 bits per heavy atom. The monoisotopic (exact) mass is 372 g/mol. The lowest BCUT2D eigenvalue weighted by molar-refractivity contribution is -0.385. The van der Waals surface area contributed by atoms with Crippen LogP contribution in [0.5, 0.6) is 11.5 Å². The highest BCUT2D eigenvalue weighted by Gasteiger charge is 2.30. The maximum atomic E-state index is 12.4. The molecule has 1 amide bonds. The summed E-state index contributed by atoms with van der Waals surface area (Å²) in [6, 6.07) is 11.5. The minimum atomic E-state index is -1.13. The highest BCUT2D eigenvalue weighted by Crippen LogP contribution is 2.38. The van der Waals surface area contributed by atoms with Crippen molar-refractivity contribution in [2.75, 3.05) is 6.79 Å². The molecule has 0 aromatic heterocycles. The first-order valence-electron chi connectivity index (χ1n) is 8.06. The number of benzene rings is 2. The largest absolute Gasteiger partial charge is 0.454 e. The highest BCUT2D eigenvalue weighted by molar-refractivity contribution is 5.96. The summed E-state index contributed by atoms with van der Waals surface area (Å²) in [7, 11) is 0. The van der Waals surface area contributed by atoms with Crippen molar-refractivity contribution in [3.05, 3.63) is 63.7 Å². The molecule has 1 N–H and O–H groups in total. The fourth-order valence-electron chi connectivity index (χ4n) is 2.45. The van der Waals surface area contributed by atoms with Gasteiger partial charge in [-0.3, -0.25) is 14.9 Å². The van der Waals surface area contributed by atoms with Crippen LogP contribution in [0.25, 0.3) is 0 Å². The van der Waals surface area contributed by atoms with Crippen LogP contribution in [0.4, 0.5) is 5.69 Å². The lowest BCUT2D eigenvalue weighted by atomic mass is 10.1. The number of nitro groups is 1. The molecule has 1 aliphatic heterocycles. The zero-order chi connectivity index (χ0) is 19.4. The van der Waals surface area contributed by atoms with Crippen molar-refractivity contribution in [2.45, 2.75) is 19.6 Å². The van der Waals surface area contributed by atoms with Crippen molar-refractivity contribution in [3.8, 4) is 11.5 Å². The van der Waals surface area contributed by atoms with Gasteiger partial charge < -0.3 is 19.5 Å². The molecule has 2 aromatic carbocycles. The van der Waals surface area contributed by atoms with Crippen LogP contribution < -0.4 is 14.8 Å². The number of nitrogens with one attached hydrogen (secondary N) is 1. The molecule has 27 heavy (non-hydrogen) atoms. The van der Waals surface area contributed by atoms with Crippen molar-refractivity contribution in [1.82, 2.24) is 5.32 Å². The third-order valence-electron chi connectivity index (χ3n) is 3.87. The first kappa shape index (κ1) is 18.2. The van der Waals surface area contributed by atoms with E-state index in [9.17, 15) is 19.7 Å². The van der Waals surface area contributed by atoms with Crippen molar-refractivity contribution in [3.63, 3.8) is 0 Å². The van der Waals surface area contributed by atoms with Gasteiger partial charge in [-0.25, -0.2) is 4.79 Å². The second kappa shape index (κ2) is 7.73. The Kier molecular flexibility index (Phi) is 5.20. The number of hydrogen-bond acceptors (Lipinski definition) is 7. The Balaban J connectivity index is 1.67. The number of nitro benzene ring substituents is 1. The Labute approximate surface area is 154 Å². The zero-order valence-electron chi connectivity index (χ0n) is 14.3. The van der Waals surface area contributed by atoms with E-state index in [1.807, 2.05) is 30.3 Å². The molecule has 0 fully saturated rings. The van der Waals surface area contributed by atoms with E-state index in [4.69, 9.17) is 14.2 Å². The number of nitrogens with zero attached hydrogens (tertiary/aromatic N) is 1. The molecule has 140 valence electrons. The Morgan fingerprint density at radius 3 is 2.56 bits per heavy atom. The summed E-state index contributed by atoms with van der Waals surface area (Å²) in [6.45, 7) is 1.56. The summed E-state index contributed by atoms with van der Waals surface area (Å²) in [5, 5.41) is 13.9. The number of carbonyl (C=O) groups is 2. The Hall–Kier alpha value is -3.62. The molecule has 0 aliphatic carbocycles. The normalized spacial score (nSPS) is 12.9. The number of amides is 1. The van der Waals surface area contributed by atoms with Gasteiger partial charge >= 0.3 is 5.97 Å². The van der Waals surface area contributed by atoms with E-state index < -0.39 is 28.6 Å². The van der Waals surface area contributed by atoms with E-state index in [1.165, 1.54) is 13.0 Å². The summed E-state index contributed by atoms with van der Waals surface area (Å²) >= 11 is 0. The van der Waals surface area contributed by atoms with Crippen molar-refractivity contribution < 1.29 is 28.7 Å². The molecule has 9 heteroatoms. The van der Waals surface area contributed by atoms with Gasteiger partial charge in [0.1, 0.15) is 5.56 Å². The summed E-state index contributed by atoms with van der Waals surface area (Å²) in [6.07, 6.45) is -1.13. The first-order chi connectivity index (χ1) is 13.0. The van der Waals surface area contributed by atoms with Gasteiger partial charge in [-0.15, -0.1) is 0 Å². The number of ether oxygens (including phenoxy) is 3. The van der Waals surface area contributed by atoms with Gasteiger partial charge in [0, 0.05) is 12.6 Å². The fourth-order valence-corrected chi connectivity index (χ4v) is 2.45. The van der Waals surface area contributed by atoms with E-state index in [0.29, 0.717) is 0 Å². The van der Waals surface area contributed by atoms with Crippen molar-refractivity contribution in [1.29, 1.82) is 0 Å². The quantitative estimate of drug-likeness (QED) is 0.469. The second-order valence-electron chi connectivity index (χ2n) is 5.73. The minimum absolute atomic E-state index is 0.0940. The molecule has 0 spiro atoms. The third-order valence-corrected chi connectivity index (χ3v) is 3.87. The molecular weight excluding hydrogens is 356 g/mol. The molecule has 0 bridgehead atoms. The lowest BCUT2D eigenvalue weighted by Crippen LogP contribution is -2.35. The SMILES string of the molecule is CC(OC(=O)c1cc2c(cc1[N+](=O)[O-])OCO2)C(=O)NCc1ccccc1. The van der Waals surface area contributed by atoms with Gasteiger partial charge in [0.05, 0.1) is 11.0 Å². The summed E-state index contributed by atoms with van der Waals surface area (Å²) in [4.78, 5) is 35.0. The van der Waals surface area contributed by atoms with E-state index in [2.05, 4.69) is 5.32 Å². The standard InChI is InChI=1S/C18H16N2O7/c1-11(17(21)19-9-12-5-3-2-4-6-12)27-18(22)13-7-15-16(26-10-25-15)8-14(13)20(23)24/h2-8,11H,9-10H2,1H3,(H,19,21). The molecule has 0 saturated heterocycles. The van der Waals surface area contributed by atoms with Crippen LogP contribution in [0.3, 0.4) is 0 Å². The second-order valence-corrected chi connectivity index (χ2v) is 5.73. The van der Waals surface area contributed by atoms with Crippen LogP contribution in [0.2, 0.25) is 0 Å². The van der Waals surface area contributed by atoms with Gasteiger partial charge in [-0.05, 0) is 12.5 Å². The topological polar surface area (TPSA) is 117 Å². The van der Waals surface area contributed by atoms with Gasteiger partial charge in [0.15, 0.2) is 17.6 Å². The van der Waals surface area contributed by atoms with Gasteiger partial charge in [0.2, 0.25) is 6.79 Å². The average molecular weight is 372 g/mol. The van der Waals surface area contributed by atoms with Crippen LogP contribution >= 0.6 is 0 Å². The predicted molar refractivity (Wildman–Crippen MR) is 92.4 cm³/mol. The van der Waals surface area contributed by atoms with E-state index in [-0.39, 0.29) is 30.4 Å². The molecule has 9 nitrogen and oxygen atoms in total. The average Bonchev–Trinajstić information content (AvgIpc) is 3.13. The maximum absolute atomic E-state index is 12.4. The molecule has 2 aromatic rings. The van der Waals surface area contributed by atoms with Gasteiger partial charge in [0.25, 0.3) is 11.6 Å². The van der Waals surface area contributed by atoms with Gasteiger partial charge in [-0.1, -0.05) is 30.3 Å². The number of fused-ring (bicyclic) bond motifs is 1. The smallest absolute Gasteiger partial charge is 0.346 e. The lowest BCUT2D eigenvalue weighted by Gasteiger charge is -2.14. The summed E-state index contributed by atoms with van der Waals surface area (Å²) in [5.74, 6) is -1.14. The Bertz CT molecular complexity index is 883. The van der Waals surface area contributed by atoms with Crippen LogP contribution in [0.15, 0.2) is 42.5 Å².